The van der Waals surface area contributed by atoms with Crippen molar-refractivity contribution in [2.45, 2.75) is 19.1 Å². The Morgan fingerprint density at radius 2 is 1.83 bits per heavy atom. The van der Waals surface area contributed by atoms with E-state index in [1.54, 1.807) is 17.0 Å². The van der Waals surface area contributed by atoms with Crippen LogP contribution < -0.4 is 4.90 Å². The van der Waals surface area contributed by atoms with Gasteiger partial charge in [-0.2, -0.15) is 0 Å². The lowest BCUT2D eigenvalue weighted by atomic mass is 9.85. The molecule has 1 aliphatic heterocycles. The zero-order valence-electron chi connectivity index (χ0n) is 16.1. The van der Waals surface area contributed by atoms with Crippen molar-refractivity contribution in [2.24, 2.45) is 0 Å². The summed E-state index contributed by atoms with van der Waals surface area (Å²) in [6.45, 7) is 2.23. The summed E-state index contributed by atoms with van der Waals surface area (Å²) in [5.41, 5.74) is 2.68. The number of benzene rings is 3. The predicted molar refractivity (Wildman–Crippen MR) is 123 cm³/mol. The molecule has 0 fully saturated rings. The van der Waals surface area contributed by atoms with Crippen LogP contribution in [0.15, 0.2) is 71.2 Å². The van der Waals surface area contributed by atoms with Crippen LogP contribution in [0, 0.1) is 6.92 Å². The Balaban J connectivity index is 1.71. The van der Waals surface area contributed by atoms with E-state index >= 15 is 0 Å². The van der Waals surface area contributed by atoms with Crippen LogP contribution in [-0.4, -0.2) is 16.0 Å². The lowest BCUT2D eigenvalue weighted by Gasteiger charge is -2.24. The number of nitrogens with zero attached hydrogens (tertiary/aromatic N) is 1. The average molecular weight is 482 g/mol. The molecule has 0 aliphatic carbocycles. The maximum Gasteiger partial charge on any atom is 0.268 e. The Morgan fingerprint density at radius 3 is 2.60 bits per heavy atom. The number of rotatable bonds is 3. The second-order valence-corrected chi connectivity index (χ2v) is 8.91. The van der Waals surface area contributed by atoms with Gasteiger partial charge in [0.25, 0.3) is 5.91 Å². The van der Waals surface area contributed by atoms with Crippen LogP contribution in [0.5, 0.6) is 0 Å². The molecule has 1 aromatic heterocycles. The third-order valence-electron chi connectivity index (χ3n) is 5.70. The van der Waals surface area contributed by atoms with Gasteiger partial charge in [0.1, 0.15) is 0 Å². The highest BCUT2D eigenvalue weighted by Gasteiger charge is 2.53. The minimum absolute atomic E-state index is 0.342. The summed E-state index contributed by atoms with van der Waals surface area (Å²) in [4.78, 5) is 18.7. The normalized spacial score (nSPS) is 18.3. The fraction of sp³-hybridized carbons (Fsp3) is 0.125. The van der Waals surface area contributed by atoms with Crippen LogP contribution in [0.25, 0.3) is 10.9 Å². The number of carbonyl (C=O) groups excluding carboxylic acids is 1. The number of fused-ring (bicyclic) bond motifs is 2. The van der Waals surface area contributed by atoms with Gasteiger partial charge in [0, 0.05) is 37.2 Å². The predicted octanol–water partition coefficient (Wildman–Crippen LogP) is 5.67. The van der Waals surface area contributed by atoms with E-state index in [9.17, 15) is 9.90 Å². The first-order valence-corrected chi connectivity index (χ1v) is 10.7. The van der Waals surface area contributed by atoms with Gasteiger partial charge >= 0.3 is 0 Å². The molecule has 0 radical (unpaired) electrons. The number of hydrogen-bond acceptors (Lipinski definition) is 2. The first-order chi connectivity index (χ1) is 14.4. The largest absolute Gasteiger partial charge is 0.372 e. The first-order valence-electron chi connectivity index (χ1n) is 9.56. The minimum atomic E-state index is -1.78. The summed E-state index contributed by atoms with van der Waals surface area (Å²) < 4.78 is 0.804. The molecular formula is C24H18BrClN2O2. The number of para-hydroxylation sites is 1. The Bertz CT molecular complexity index is 1300. The molecule has 5 rings (SSSR count). The number of aliphatic hydroxyl groups is 1. The molecule has 0 unspecified atom stereocenters. The number of halogens is 2. The molecule has 1 aliphatic rings. The Hall–Kier alpha value is -2.60. The Labute approximate surface area is 187 Å². The fourth-order valence-electron chi connectivity index (χ4n) is 4.37. The van der Waals surface area contributed by atoms with Crippen molar-refractivity contribution in [3.8, 4) is 0 Å². The molecule has 2 heterocycles. The number of hydrogen-bond donors (Lipinski definition) is 2. The van der Waals surface area contributed by atoms with Crippen LogP contribution in [0.1, 0.15) is 22.4 Å². The highest BCUT2D eigenvalue weighted by Crippen LogP contribution is 2.48. The molecule has 4 nitrogen and oxygen atoms in total. The number of aryl methyl sites for hydroxylation is 1. The average Bonchev–Trinajstić information content (AvgIpc) is 3.17. The van der Waals surface area contributed by atoms with E-state index in [1.165, 1.54) is 0 Å². The summed E-state index contributed by atoms with van der Waals surface area (Å²) in [6, 6.07) is 20.7. The molecule has 0 bridgehead atoms. The number of carbonyl (C=O) groups is 1. The second kappa shape index (κ2) is 6.98. The van der Waals surface area contributed by atoms with Gasteiger partial charge in [-0.25, -0.2) is 0 Å². The van der Waals surface area contributed by atoms with E-state index in [-0.39, 0.29) is 5.91 Å². The van der Waals surface area contributed by atoms with E-state index in [2.05, 4.69) is 20.9 Å². The molecule has 2 N–H and O–H groups in total. The van der Waals surface area contributed by atoms with Crippen molar-refractivity contribution >= 4 is 50.0 Å². The molecule has 0 spiro atoms. The third-order valence-corrected chi connectivity index (χ3v) is 6.45. The molecule has 6 heteroatoms. The smallest absolute Gasteiger partial charge is 0.268 e. The van der Waals surface area contributed by atoms with Crippen LogP contribution in [0.3, 0.4) is 0 Å². The molecule has 0 saturated carbocycles. The van der Waals surface area contributed by atoms with Crippen LogP contribution in [-0.2, 0) is 16.9 Å². The minimum Gasteiger partial charge on any atom is -0.372 e. The zero-order valence-corrected chi connectivity index (χ0v) is 18.5. The molecule has 1 atom stereocenters. The molecular weight excluding hydrogens is 464 g/mol. The van der Waals surface area contributed by atoms with Gasteiger partial charge in [0.2, 0.25) is 0 Å². The van der Waals surface area contributed by atoms with Crippen LogP contribution in [0.4, 0.5) is 5.69 Å². The van der Waals surface area contributed by atoms with E-state index in [0.717, 1.165) is 26.6 Å². The third kappa shape index (κ3) is 2.81. The van der Waals surface area contributed by atoms with Gasteiger partial charge in [-0.3, -0.25) is 4.79 Å². The zero-order chi connectivity index (χ0) is 21.0. The summed E-state index contributed by atoms with van der Waals surface area (Å²) >= 11 is 9.51. The maximum absolute atomic E-state index is 13.8. The number of anilines is 1. The second-order valence-electron chi connectivity index (χ2n) is 7.56. The fourth-order valence-corrected chi connectivity index (χ4v) is 4.85. The van der Waals surface area contributed by atoms with Crippen molar-refractivity contribution in [3.63, 3.8) is 0 Å². The Kier molecular flexibility index (Phi) is 4.51. The number of amides is 1. The van der Waals surface area contributed by atoms with Crippen molar-refractivity contribution in [2.75, 3.05) is 4.90 Å². The van der Waals surface area contributed by atoms with Crippen molar-refractivity contribution in [1.82, 2.24) is 4.98 Å². The van der Waals surface area contributed by atoms with E-state index in [4.69, 9.17) is 11.6 Å². The SMILES string of the molecule is Cc1[nH]c2ccccc2c1[C@]1(O)C(=O)N(Cc2ccc(Cl)cc2)c2ccc(Br)cc21. The Morgan fingerprint density at radius 1 is 1.10 bits per heavy atom. The topological polar surface area (TPSA) is 56.3 Å². The number of nitrogens with one attached hydrogen (secondary N) is 1. The number of aromatic amines is 1. The quantitative estimate of drug-likeness (QED) is 0.396. The standard InChI is InChI=1S/C24H18BrClN2O2/c1-14-22(18-4-2-3-5-20(18)27-14)24(30)19-12-16(25)8-11-21(19)28(23(24)29)13-15-6-9-17(26)10-7-15/h2-12,27,30H,13H2,1H3/t24-/m0/s1. The summed E-state index contributed by atoms with van der Waals surface area (Å²) in [5, 5.41) is 13.5. The molecule has 0 saturated heterocycles. The first kappa shape index (κ1) is 19.4. The maximum atomic E-state index is 13.8. The summed E-state index contributed by atoms with van der Waals surface area (Å²) in [5.74, 6) is -0.363. The van der Waals surface area contributed by atoms with Gasteiger partial charge in [-0.05, 0) is 48.9 Å². The van der Waals surface area contributed by atoms with Gasteiger partial charge in [-0.1, -0.05) is 57.9 Å². The van der Waals surface area contributed by atoms with Gasteiger partial charge in [-0.15, -0.1) is 0 Å². The van der Waals surface area contributed by atoms with E-state index < -0.39 is 5.60 Å². The highest BCUT2D eigenvalue weighted by atomic mass is 79.9. The number of aromatic nitrogens is 1. The lowest BCUT2D eigenvalue weighted by molar-refractivity contribution is -0.132. The van der Waals surface area contributed by atoms with Crippen molar-refractivity contribution in [3.05, 3.63) is 98.6 Å². The molecule has 150 valence electrons. The summed E-state index contributed by atoms with van der Waals surface area (Å²) in [7, 11) is 0. The van der Waals surface area contributed by atoms with E-state index in [0.29, 0.717) is 28.4 Å². The van der Waals surface area contributed by atoms with Crippen LogP contribution in [0.2, 0.25) is 5.02 Å². The molecule has 4 aromatic rings. The van der Waals surface area contributed by atoms with Crippen molar-refractivity contribution in [1.29, 1.82) is 0 Å². The van der Waals surface area contributed by atoms with Gasteiger partial charge in [0.15, 0.2) is 5.60 Å². The van der Waals surface area contributed by atoms with Crippen molar-refractivity contribution < 1.29 is 9.90 Å². The van der Waals surface area contributed by atoms with E-state index in [1.807, 2.05) is 61.5 Å². The molecule has 3 aromatic carbocycles. The molecule has 1 amide bonds. The summed E-state index contributed by atoms with van der Waals surface area (Å²) in [6.07, 6.45) is 0. The van der Waals surface area contributed by atoms with Gasteiger partial charge in [0.05, 0.1) is 12.2 Å². The van der Waals surface area contributed by atoms with Crippen LogP contribution >= 0.6 is 27.5 Å². The lowest BCUT2D eigenvalue weighted by Crippen LogP contribution is -2.41. The van der Waals surface area contributed by atoms with Gasteiger partial charge < -0.3 is 15.0 Å². The monoisotopic (exact) mass is 480 g/mol. The highest BCUT2D eigenvalue weighted by molar-refractivity contribution is 9.10. The number of H-pyrrole nitrogens is 1. The molecule has 30 heavy (non-hydrogen) atoms.